The summed E-state index contributed by atoms with van der Waals surface area (Å²) in [5, 5.41) is 3.24. The highest BCUT2D eigenvalue weighted by atomic mass is 19.3. The van der Waals surface area contributed by atoms with Gasteiger partial charge < -0.3 is 5.32 Å². The molecule has 1 nitrogen and oxygen atoms in total. The van der Waals surface area contributed by atoms with E-state index in [1.807, 2.05) is 0 Å². The third-order valence-electron chi connectivity index (χ3n) is 3.35. The zero-order valence-corrected chi connectivity index (χ0v) is 9.77. The van der Waals surface area contributed by atoms with Crippen LogP contribution in [0.4, 0.5) is 13.2 Å². The van der Waals surface area contributed by atoms with E-state index < -0.39 is 17.8 Å². The van der Waals surface area contributed by atoms with Crippen LogP contribution in [0.1, 0.15) is 41.9 Å². The number of benzene rings is 1. The van der Waals surface area contributed by atoms with Crippen LogP contribution >= 0.6 is 0 Å². The Labute approximate surface area is 99.0 Å². The first-order valence-electron chi connectivity index (χ1n) is 5.88. The van der Waals surface area contributed by atoms with E-state index in [1.54, 1.807) is 13.0 Å². The highest BCUT2D eigenvalue weighted by Crippen LogP contribution is 2.31. The maximum absolute atomic E-state index is 13.6. The van der Waals surface area contributed by atoms with E-state index in [2.05, 4.69) is 5.32 Å². The molecule has 0 spiro atoms. The molecule has 1 atom stereocenters. The van der Waals surface area contributed by atoms with Crippen LogP contribution in [0.25, 0.3) is 0 Å². The minimum absolute atomic E-state index is 0.240. The van der Waals surface area contributed by atoms with Gasteiger partial charge in [-0.05, 0) is 49.4 Å². The van der Waals surface area contributed by atoms with E-state index in [0.717, 1.165) is 31.5 Å². The zero-order chi connectivity index (χ0) is 12.4. The number of alkyl halides is 2. The lowest BCUT2D eigenvalue weighted by Crippen LogP contribution is -2.28. The fraction of sp³-hybridized carbons (Fsp3) is 0.538. The van der Waals surface area contributed by atoms with Crippen molar-refractivity contribution in [3.05, 3.63) is 34.6 Å². The Hall–Kier alpha value is -1.03. The lowest BCUT2D eigenvalue weighted by molar-refractivity contribution is 0.145. The van der Waals surface area contributed by atoms with Crippen LogP contribution in [0.5, 0.6) is 0 Å². The Morgan fingerprint density at radius 2 is 2.12 bits per heavy atom. The van der Waals surface area contributed by atoms with Gasteiger partial charge in [-0.15, -0.1) is 0 Å². The van der Waals surface area contributed by atoms with Crippen molar-refractivity contribution < 1.29 is 13.2 Å². The Morgan fingerprint density at radius 1 is 1.35 bits per heavy atom. The average molecular weight is 243 g/mol. The van der Waals surface area contributed by atoms with E-state index in [1.165, 1.54) is 6.07 Å². The van der Waals surface area contributed by atoms with Gasteiger partial charge in [-0.3, -0.25) is 0 Å². The van der Waals surface area contributed by atoms with Crippen molar-refractivity contribution in [3.8, 4) is 0 Å². The third-order valence-corrected chi connectivity index (χ3v) is 3.35. The predicted octanol–water partition coefficient (Wildman–Crippen LogP) is 3.54. The molecule has 1 saturated heterocycles. The number of hydrogen-bond acceptors (Lipinski definition) is 1. The van der Waals surface area contributed by atoms with Crippen LogP contribution in [0.2, 0.25) is 0 Å². The second kappa shape index (κ2) is 5.08. The maximum atomic E-state index is 13.6. The number of rotatable bonds is 2. The van der Waals surface area contributed by atoms with Crippen molar-refractivity contribution in [2.45, 2.75) is 32.1 Å². The predicted molar refractivity (Wildman–Crippen MR) is 60.9 cm³/mol. The molecule has 1 heterocycles. The number of halogens is 3. The molecule has 1 aromatic rings. The molecule has 1 N–H and O–H groups in total. The molecular formula is C13H16F3N. The summed E-state index contributed by atoms with van der Waals surface area (Å²) in [5.74, 6) is -0.538. The Bertz CT molecular complexity index is 375. The molecule has 1 aliphatic rings. The van der Waals surface area contributed by atoms with E-state index in [0.29, 0.717) is 5.56 Å². The largest absolute Gasteiger partial charge is 0.316 e. The van der Waals surface area contributed by atoms with Crippen molar-refractivity contribution in [2.24, 2.45) is 0 Å². The average Bonchev–Trinajstić information content (AvgIpc) is 2.28. The summed E-state index contributed by atoms with van der Waals surface area (Å²) >= 11 is 0. The van der Waals surface area contributed by atoms with Crippen LogP contribution < -0.4 is 5.32 Å². The lowest BCUT2D eigenvalue weighted by Gasteiger charge is -2.24. The second-order valence-corrected chi connectivity index (χ2v) is 4.58. The van der Waals surface area contributed by atoms with Crippen molar-refractivity contribution in [1.82, 2.24) is 5.32 Å². The standard InChI is InChI=1S/C13H16F3N/c1-8-5-10(9-3-2-4-17-7-9)6-11(14)12(8)13(15)16/h5-6,9,13,17H,2-4,7H2,1H3. The zero-order valence-electron chi connectivity index (χ0n) is 9.77. The second-order valence-electron chi connectivity index (χ2n) is 4.58. The molecule has 0 bridgehead atoms. The molecule has 0 aromatic heterocycles. The SMILES string of the molecule is Cc1cc(C2CCCNC2)cc(F)c1C(F)F. The van der Waals surface area contributed by atoms with E-state index in [9.17, 15) is 13.2 Å². The van der Waals surface area contributed by atoms with Gasteiger partial charge in [0.15, 0.2) is 0 Å². The lowest BCUT2D eigenvalue weighted by atomic mass is 9.89. The normalized spacial score (nSPS) is 20.9. The van der Waals surface area contributed by atoms with Crippen LogP contribution in [-0.2, 0) is 0 Å². The molecular weight excluding hydrogens is 227 g/mol. The monoisotopic (exact) mass is 243 g/mol. The van der Waals surface area contributed by atoms with Gasteiger partial charge in [0.1, 0.15) is 5.82 Å². The minimum Gasteiger partial charge on any atom is -0.316 e. The van der Waals surface area contributed by atoms with E-state index >= 15 is 0 Å². The number of piperidine rings is 1. The van der Waals surface area contributed by atoms with Gasteiger partial charge in [0, 0.05) is 6.54 Å². The fourth-order valence-electron chi connectivity index (χ4n) is 2.43. The summed E-state index contributed by atoms with van der Waals surface area (Å²) in [6, 6.07) is 2.97. The molecule has 2 rings (SSSR count). The van der Waals surface area contributed by atoms with Gasteiger partial charge in [0.2, 0.25) is 0 Å². The minimum atomic E-state index is -2.74. The van der Waals surface area contributed by atoms with E-state index in [4.69, 9.17) is 0 Å². The number of nitrogens with one attached hydrogen (secondary N) is 1. The number of aryl methyl sites for hydroxylation is 1. The molecule has 0 amide bonds. The molecule has 0 saturated carbocycles. The Kier molecular flexibility index (Phi) is 3.72. The Morgan fingerprint density at radius 3 is 2.65 bits per heavy atom. The highest BCUT2D eigenvalue weighted by molar-refractivity contribution is 5.35. The van der Waals surface area contributed by atoms with Gasteiger partial charge in [-0.25, -0.2) is 13.2 Å². The van der Waals surface area contributed by atoms with Crippen LogP contribution in [0.15, 0.2) is 12.1 Å². The van der Waals surface area contributed by atoms with Crippen molar-refractivity contribution >= 4 is 0 Å². The van der Waals surface area contributed by atoms with Crippen LogP contribution in [0.3, 0.4) is 0 Å². The molecule has 1 aliphatic heterocycles. The summed E-state index contributed by atoms with van der Waals surface area (Å²) in [6.07, 6.45) is -0.713. The van der Waals surface area contributed by atoms with Gasteiger partial charge in [0.05, 0.1) is 5.56 Å². The first-order chi connectivity index (χ1) is 8.09. The third kappa shape index (κ3) is 2.63. The Balaban J connectivity index is 2.31. The number of hydrogen-bond donors (Lipinski definition) is 1. The fourth-order valence-corrected chi connectivity index (χ4v) is 2.43. The van der Waals surface area contributed by atoms with Crippen LogP contribution in [0, 0.1) is 12.7 Å². The van der Waals surface area contributed by atoms with Gasteiger partial charge in [-0.2, -0.15) is 0 Å². The first kappa shape index (κ1) is 12.4. The smallest absolute Gasteiger partial charge is 0.266 e. The van der Waals surface area contributed by atoms with Crippen molar-refractivity contribution in [2.75, 3.05) is 13.1 Å². The van der Waals surface area contributed by atoms with Crippen molar-refractivity contribution in [3.63, 3.8) is 0 Å². The maximum Gasteiger partial charge on any atom is 0.266 e. The molecule has 1 aromatic carbocycles. The summed E-state index contributed by atoms with van der Waals surface area (Å²) in [7, 11) is 0. The van der Waals surface area contributed by atoms with Crippen LogP contribution in [-0.4, -0.2) is 13.1 Å². The summed E-state index contributed by atoms with van der Waals surface area (Å²) < 4.78 is 38.8. The molecule has 0 radical (unpaired) electrons. The first-order valence-corrected chi connectivity index (χ1v) is 5.88. The highest BCUT2D eigenvalue weighted by Gasteiger charge is 2.21. The van der Waals surface area contributed by atoms with Gasteiger partial charge >= 0.3 is 0 Å². The van der Waals surface area contributed by atoms with E-state index in [-0.39, 0.29) is 5.92 Å². The molecule has 0 aliphatic carbocycles. The molecule has 94 valence electrons. The summed E-state index contributed by atoms with van der Waals surface area (Å²) in [6.45, 7) is 3.32. The van der Waals surface area contributed by atoms with Gasteiger partial charge in [0.25, 0.3) is 6.43 Å². The molecule has 1 fully saturated rings. The quantitative estimate of drug-likeness (QED) is 0.837. The molecule has 4 heteroatoms. The molecule has 17 heavy (non-hydrogen) atoms. The summed E-state index contributed by atoms with van der Waals surface area (Å²) in [5.41, 5.74) is 0.717. The molecule has 1 unspecified atom stereocenters. The topological polar surface area (TPSA) is 12.0 Å². The van der Waals surface area contributed by atoms with Crippen molar-refractivity contribution in [1.29, 1.82) is 0 Å². The summed E-state index contributed by atoms with van der Waals surface area (Å²) in [4.78, 5) is 0. The van der Waals surface area contributed by atoms with Gasteiger partial charge in [-0.1, -0.05) is 6.07 Å².